The molecule has 1 aromatic rings. The molecule has 0 aromatic carbocycles. The fraction of sp³-hybridized carbons (Fsp3) is 0.722. The van der Waals surface area contributed by atoms with Gasteiger partial charge in [0, 0.05) is 50.9 Å². The van der Waals surface area contributed by atoms with Crippen molar-refractivity contribution >= 4 is 11.7 Å². The normalized spacial score (nSPS) is 25.8. The maximum Gasteiger partial charge on any atom is 0.247 e. The summed E-state index contributed by atoms with van der Waals surface area (Å²) in [5.41, 5.74) is 1.26. The van der Waals surface area contributed by atoms with Crippen molar-refractivity contribution in [2.45, 2.75) is 44.1 Å². The topological polar surface area (TPSA) is 68.4 Å². The van der Waals surface area contributed by atoms with Gasteiger partial charge in [-0.25, -0.2) is 0 Å². The van der Waals surface area contributed by atoms with Crippen molar-refractivity contribution in [2.75, 3.05) is 37.6 Å². The Bertz CT molecular complexity index is 686. The standard InChI is InChI=1S/C18H26N6O/c1-21-15(14-5-3-2-4-6-14)11-17(20-21)24-10-9-23-8-7-22(13-19)12-16(23)18(24)25/h11,14,16H,2-10,12H2,1H3/t16-/m1/s1. The predicted octanol–water partition coefficient (Wildman–Crippen LogP) is 1.28. The van der Waals surface area contributed by atoms with Gasteiger partial charge in [0.25, 0.3) is 0 Å². The second kappa shape index (κ2) is 6.68. The minimum absolute atomic E-state index is 0.0829. The number of hydrogen-bond acceptors (Lipinski definition) is 5. The quantitative estimate of drug-likeness (QED) is 0.758. The summed E-state index contributed by atoms with van der Waals surface area (Å²) >= 11 is 0. The Labute approximate surface area is 148 Å². The zero-order chi connectivity index (χ0) is 17.4. The zero-order valence-corrected chi connectivity index (χ0v) is 14.9. The molecule has 1 saturated carbocycles. The minimum Gasteiger partial charge on any atom is -0.307 e. The van der Waals surface area contributed by atoms with Crippen molar-refractivity contribution in [3.8, 4) is 6.19 Å². The van der Waals surface area contributed by atoms with E-state index in [0.29, 0.717) is 19.0 Å². The number of rotatable bonds is 2. The molecule has 1 atom stereocenters. The second-order valence-electron chi connectivity index (χ2n) is 7.47. The number of carbonyl (C=O) groups is 1. The van der Waals surface area contributed by atoms with E-state index in [0.717, 1.165) is 25.5 Å². The molecule has 0 unspecified atom stereocenters. The molecular formula is C18H26N6O. The van der Waals surface area contributed by atoms with Gasteiger partial charge in [0.05, 0.1) is 6.54 Å². The van der Waals surface area contributed by atoms with Gasteiger partial charge in [0.1, 0.15) is 6.04 Å². The molecule has 1 aliphatic carbocycles. The Morgan fingerprint density at radius 3 is 2.68 bits per heavy atom. The molecule has 0 radical (unpaired) electrons. The predicted molar refractivity (Wildman–Crippen MR) is 93.9 cm³/mol. The van der Waals surface area contributed by atoms with Crippen LogP contribution in [0.4, 0.5) is 5.82 Å². The summed E-state index contributed by atoms with van der Waals surface area (Å²) in [5.74, 6) is 1.43. The summed E-state index contributed by atoms with van der Waals surface area (Å²) in [7, 11) is 1.99. The number of aromatic nitrogens is 2. The Hall–Kier alpha value is -2.07. The number of piperazine rings is 2. The van der Waals surface area contributed by atoms with Crippen LogP contribution in [0.2, 0.25) is 0 Å². The maximum absolute atomic E-state index is 13.0. The van der Waals surface area contributed by atoms with Crippen LogP contribution in [-0.4, -0.2) is 64.3 Å². The molecular weight excluding hydrogens is 316 g/mol. The van der Waals surface area contributed by atoms with Crippen molar-refractivity contribution in [3.63, 3.8) is 0 Å². The fourth-order valence-corrected chi connectivity index (χ4v) is 4.54. The second-order valence-corrected chi connectivity index (χ2v) is 7.47. The summed E-state index contributed by atoms with van der Waals surface area (Å²) in [5, 5.41) is 13.8. The van der Waals surface area contributed by atoms with Crippen molar-refractivity contribution in [2.24, 2.45) is 7.05 Å². The summed E-state index contributed by atoms with van der Waals surface area (Å²) in [4.78, 5) is 18.7. The summed E-state index contributed by atoms with van der Waals surface area (Å²) in [6.45, 7) is 3.53. The average Bonchev–Trinajstić information content (AvgIpc) is 3.04. The lowest BCUT2D eigenvalue weighted by Crippen LogP contribution is -2.64. The van der Waals surface area contributed by atoms with Gasteiger partial charge in [-0.3, -0.25) is 19.3 Å². The van der Waals surface area contributed by atoms with Crippen LogP contribution in [0, 0.1) is 11.5 Å². The smallest absolute Gasteiger partial charge is 0.247 e. The number of anilines is 1. The Morgan fingerprint density at radius 1 is 1.16 bits per heavy atom. The molecule has 0 spiro atoms. The first kappa shape index (κ1) is 16.4. The van der Waals surface area contributed by atoms with Crippen LogP contribution in [0.3, 0.4) is 0 Å². The van der Waals surface area contributed by atoms with Crippen LogP contribution in [0.1, 0.15) is 43.7 Å². The molecule has 1 aromatic heterocycles. The number of fused-ring (bicyclic) bond motifs is 1. The Balaban J connectivity index is 1.54. The van der Waals surface area contributed by atoms with Gasteiger partial charge in [-0.1, -0.05) is 19.3 Å². The zero-order valence-electron chi connectivity index (χ0n) is 14.9. The lowest BCUT2D eigenvalue weighted by molar-refractivity contribution is -0.127. The van der Waals surface area contributed by atoms with Crippen LogP contribution in [0.25, 0.3) is 0 Å². The van der Waals surface area contributed by atoms with Crippen LogP contribution in [0.15, 0.2) is 6.07 Å². The fourth-order valence-electron chi connectivity index (χ4n) is 4.54. The number of nitriles is 1. The van der Waals surface area contributed by atoms with Crippen molar-refractivity contribution in [1.29, 1.82) is 5.26 Å². The molecule has 1 amide bonds. The summed E-state index contributed by atoms with van der Waals surface area (Å²) in [6, 6.07) is 1.90. The molecule has 7 heteroatoms. The van der Waals surface area contributed by atoms with E-state index in [2.05, 4.69) is 22.3 Å². The van der Waals surface area contributed by atoms with Gasteiger partial charge in [0.2, 0.25) is 5.91 Å². The molecule has 2 saturated heterocycles. The number of amides is 1. The van der Waals surface area contributed by atoms with E-state index >= 15 is 0 Å². The number of carbonyl (C=O) groups excluding carboxylic acids is 1. The number of nitrogens with zero attached hydrogens (tertiary/aromatic N) is 6. The van der Waals surface area contributed by atoms with E-state index in [4.69, 9.17) is 5.26 Å². The SMILES string of the molecule is Cn1nc(N2CCN3CCN(C#N)C[C@@H]3C2=O)cc1C1CCCCC1. The average molecular weight is 342 g/mol. The molecule has 3 aliphatic rings. The molecule has 25 heavy (non-hydrogen) atoms. The first-order valence-corrected chi connectivity index (χ1v) is 9.41. The third kappa shape index (κ3) is 2.99. The molecule has 0 bridgehead atoms. The largest absolute Gasteiger partial charge is 0.307 e. The highest BCUT2D eigenvalue weighted by Gasteiger charge is 2.40. The first-order chi connectivity index (χ1) is 12.2. The molecule has 3 fully saturated rings. The first-order valence-electron chi connectivity index (χ1n) is 9.41. The van der Waals surface area contributed by atoms with Gasteiger partial charge >= 0.3 is 0 Å². The third-order valence-corrected chi connectivity index (χ3v) is 6.00. The van der Waals surface area contributed by atoms with Gasteiger partial charge in [-0.15, -0.1) is 0 Å². The van der Waals surface area contributed by atoms with Gasteiger partial charge in [0.15, 0.2) is 12.0 Å². The van der Waals surface area contributed by atoms with Gasteiger partial charge in [-0.2, -0.15) is 10.4 Å². The van der Waals surface area contributed by atoms with E-state index in [1.54, 1.807) is 4.90 Å². The van der Waals surface area contributed by atoms with E-state index in [1.165, 1.54) is 37.8 Å². The lowest BCUT2D eigenvalue weighted by Gasteiger charge is -2.44. The highest BCUT2D eigenvalue weighted by molar-refractivity contribution is 5.97. The molecule has 3 heterocycles. The van der Waals surface area contributed by atoms with Gasteiger partial charge in [-0.05, 0) is 12.8 Å². The van der Waals surface area contributed by atoms with Crippen LogP contribution in [0.5, 0.6) is 0 Å². The lowest BCUT2D eigenvalue weighted by atomic mass is 9.87. The minimum atomic E-state index is -0.220. The molecule has 134 valence electrons. The Kier molecular flexibility index (Phi) is 4.38. The molecule has 4 rings (SSSR count). The van der Waals surface area contributed by atoms with E-state index in [1.807, 2.05) is 16.6 Å². The highest BCUT2D eigenvalue weighted by Crippen LogP contribution is 2.34. The highest BCUT2D eigenvalue weighted by atomic mass is 16.2. The van der Waals surface area contributed by atoms with Crippen LogP contribution in [-0.2, 0) is 11.8 Å². The van der Waals surface area contributed by atoms with E-state index in [-0.39, 0.29) is 11.9 Å². The van der Waals surface area contributed by atoms with Crippen molar-refractivity contribution in [1.82, 2.24) is 19.6 Å². The number of aryl methyl sites for hydroxylation is 1. The summed E-state index contributed by atoms with van der Waals surface area (Å²) < 4.78 is 1.97. The van der Waals surface area contributed by atoms with Crippen LogP contribution < -0.4 is 4.90 Å². The maximum atomic E-state index is 13.0. The molecule has 7 nitrogen and oxygen atoms in total. The third-order valence-electron chi connectivity index (χ3n) is 6.00. The van der Waals surface area contributed by atoms with Gasteiger partial charge < -0.3 is 4.90 Å². The number of hydrogen-bond donors (Lipinski definition) is 0. The summed E-state index contributed by atoms with van der Waals surface area (Å²) in [6.07, 6.45) is 8.54. The van der Waals surface area contributed by atoms with E-state index < -0.39 is 0 Å². The molecule has 2 aliphatic heterocycles. The van der Waals surface area contributed by atoms with Crippen molar-refractivity contribution < 1.29 is 4.79 Å². The van der Waals surface area contributed by atoms with E-state index in [9.17, 15) is 4.79 Å². The van der Waals surface area contributed by atoms with Crippen molar-refractivity contribution in [3.05, 3.63) is 11.8 Å². The molecule has 0 N–H and O–H groups in total. The monoisotopic (exact) mass is 342 g/mol. The van der Waals surface area contributed by atoms with Crippen LogP contribution >= 0.6 is 0 Å². The Morgan fingerprint density at radius 2 is 1.92 bits per heavy atom.